The molecule has 17 nitrogen and oxygen atoms in total. The van der Waals surface area contributed by atoms with Gasteiger partial charge in [0.05, 0.1) is 34.6 Å². The Balaban J connectivity index is 0.811. The average Bonchev–Trinajstić information content (AvgIpc) is 3.47. The normalized spacial score (nSPS) is 17.5. The van der Waals surface area contributed by atoms with Gasteiger partial charge in [0.1, 0.15) is 11.9 Å². The van der Waals surface area contributed by atoms with Gasteiger partial charge in [0.25, 0.3) is 11.8 Å². The molecule has 0 aliphatic carbocycles. The predicted molar refractivity (Wildman–Crippen MR) is 233 cm³/mol. The van der Waals surface area contributed by atoms with Crippen LogP contribution in [-0.2, 0) is 25.7 Å². The topological polar surface area (TPSA) is 216 Å². The maximum Gasteiger partial charge on any atom is 0.262 e. The molecule has 3 aliphatic heterocycles. The van der Waals surface area contributed by atoms with Gasteiger partial charge in [0.2, 0.25) is 23.7 Å². The molecule has 4 heterocycles. The molecule has 61 heavy (non-hydrogen) atoms. The second-order valence-corrected chi connectivity index (χ2v) is 17.5. The van der Waals surface area contributed by atoms with Gasteiger partial charge in [-0.15, -0.1) is 4.72 Å². The van der Waals surface area contributed by atoms with E-state index in [1.165, 1.54) is 0 Å². The standard InChI is InChI=1S/C43H51N11O6S/c1-27-25-46-42(50-38(27)47-30-7-5-8-32(23-30)61(60)51-43(2,3)4)48-28-9-12-31(13-10-28)53-21-19-52(20-22-53)26-37(56)45-18-6-17-44-29-11-14-33-34(24-29)41(59)54(40(33)58)35-15-16-36(55)49-39(35)57/h5,7-14,23-25,35,44,51H,6,15-22,26H2,1-4H3,(H,45,56)(H,49,55,57)(H2,46,47,48,50). The third-order valence-corrected chi connectivity index (χ3v) is 11.8. The lowest BCUT2D eigenvalue weighted by Gasteiger charge is -2.35. The van der Waals surface area contributed by atoms with Gasteiger partial charge in [-0.1, -0.05) is 6.07 Å². The minimum Gasteiger partial charge on any atom is -0.593 e. The van der Waals surface area contributed by atoms with E-state index in [1.54, 1.807) is 24.4 Å². The number of carbonyl (C=O) groups excluding carboxylic acids is 5. The van der Waals surface area contributed by atoms with Crippen molar-refractivity contribution in [2.24, 2.45) is 0 Å². The van der Waals surface area contributed by atoms with E-state index in [0.29, 0.717) is 48.4 Å². The second-order valence-electron chi connectivity index (χ2n) is 16.3. The minimum atomic E-state index is -1.36. The van der Waals surface area contributed by atoms with E-state index >= 15 is 0 Å². The van der Waals surface area contributed by atoms with Crippen molar-refractivity contribution >= 4 is 75.4 Å². The van der Waals surface area contributed by atoms with Gasteiger partial charge < -0.3 is 30.7 Å². The molecule has 2 atom stereocenters. The van der Waals surface area contributed by atoms with Crippen LogP contribution in [-0.4, -0.2) is 111 Å². The molecule has 4 aromatic rings. The summed E-state index contributed by atoms with van der Waals surface area (Å²) in [7, 11) is 0. The number of nitrogens with one attached hydrogen (secondary N) is 6. The molecule has 2 unspecified atom stereocenters. The third-order valence-electron chi connectivity index (χ3n) is 10.4. The Morgan fingerprint density at radius 3 is 2.36 bits per heavy atom. The van der Waals surface area contributed by atoms with Crippen LogP contribution in [0.25, 0.3) is 0 Å². The first-order valence-corrected chi connectivity index (χ1v) is 21.5. The Bertz CT molecular complexity index is 2300. The van der Waals surface area contributed by atoms with Crippen molar-refractivity contribution in [3.63, 3.8) is 0 Å². The fraction of sp³-hybridized carbons (Fsp3) is 0.372. The molecule has 5 amide bonds. The minimum absolute atomic E-state index is 0.0471. The van der Waals surface area contributed by atoms with Gasteiger partial charge in [-0.25, -0.2) is 4.98 Å². The lowest BCUT2D eigenvalue weighted by molar-refractivity contribution is -0.136. The molecule has 6 N–H and O–H groups in total. The van der Waals surface area contributed by atoms with Crippen molar-refractivity contribution in [3.05, 3.63) is 89.6 Å². The zero-order chi connectivity index (χ0) is 43.3. The summed E-state index contributed by atoms with van der Waals surface area (Å²) in [4.78, 5) is 77.9. The van der Waals surface area contributed by atoms with Crippen molar-refractivity contribution in [2.75, 3.05) is 66.7 Å². The number of rotatable bonds is 15. The van der Waals surface area contributed by atoms with Gasteiger partial charge in [-0.2, -0.15) is 4.98 Å². The van der Waals surface area contributed by atoms with Gasteiger partial charge >= 0.3 is 0 Å². The Kier molecular flexibility index (Phi) is 13.2. The summed E-state index contributed by atoms with van der Waals surface area (Å²) in [5.74, 6) is -1.13. The van der Waals surface area contributed by atoms with Crippen molar-refractivity contribution in [3.8, 4) is 0 Å². The molecule has 0 spiro atoms. The molecular formula is C43H51N11O6S. The Morgan fingerprint density at radius 2 is 1.62 bits per heavy atom. The number of amides is 5. The first-order valence-electron chi connectivity index (χ1n) is 20.3. The van der Waals surface area contributed by atoms with Crippen LogP contribution < -0.4 is 36.2 Å². The number of fused-ring (bicyclic) bond motifs is 1. The fourth-order valence-corrected chi connectivity index (χ4v) is 8.34. The van der Waals surface area contributed by atoms with Crippen LogP contribution >= 0.6 is 0 Å². The Hall–Kier alpha value is -6.08. The lowest BCUT2D eigenvalue weighted by Crippen LogP contribution is -2.54. The van der Waals surface area contributed by atoms with Crippen LogP contribution in [0.4, 0.5) is 34.5 Å². The zero-order valence-electron chi connectivity index (χ0n) is 34.7. The number of piperazine rings is 1. The van der Waals surface area contributed by atoms with Crippen molar-refractivity contribution < 1.29 is 28.5 Å². The van der Waals surface area contributed by atoms with Crippen molar-refractivity contribution in [1.82, 2.24) is 35.1 Å². The molecule has 0 bridgehead atoms. The summed E-state index contributed by atoms with van der Waals surface area (Å²) in [6, 6.07) is 19.4. The summed E-state index contributed by atoms with van der Waals surface area (Å²) in [6.07, 6.45) is 2.56. The number of piperidine rings is 1. The molecule has 2 fully saturated rings. The number of anilines is 6. The number of hydrogen-bond acceptors (Lipinski definition) is 14. The maximum absolute atomic E-state index is 13.1. The fourth-order valence-electron chi connectivity index (χ4n) is 7.23. The molecule has 7 rings (SSSR count). The van der Waals surface area contributed by atoms with Gasteiger partial charge in [-0.3, -0.25) is 39.1 Å². The van der Waals surface area contributed by atoms with Gasteiger partial charge in [0.15, 0.2) is 4.90 Å². The molecule has 18 heteroatoms. The third kappa shape index (κ3) is 10.8. The van der Waals surface area contributed by atoms with E-state index in [9.17, 15) is 28.5 Å². The van der Waals surface area contributed by atoms with Crippen LogP contribution in [0.1, 0.15) is 66.3 Å². The van der Waals surface area contributed by atoms with E-state index < -0.39 is 41.0 Å². The number of hydrogen-bond donors (Lipinski definition) is 6. The first kappa shape index (κ1) is 43.0. The summed E-state index contributed by atoms with van der Waals surface area (Å²) in [5.41, 5.74) is 4.34. The number of aromatic nitrogens is 2. The molecule has 0 radical (unpaired) electrons. The Labute approximate surface area is 357 Å². The zero-order valence-corrected chi connectivity index (χ0v) is 35.5. The number of carbonyl (C=O) groups is 5. The van der Waals surface area contributed by atoms with Crippen LogP contribution in [0.15, 0.2) is 77.8 Å². The van der Waals surface area contributed by atoms with E-state index in [0.717, 1.165) is 53.7 Å². The quantitative estimate of drug-likeness (QED) is 0.0570. The highest BCUT2D eigenvalue weighted by molar-refractivity contribution is 7.89. The summed E-state index contributed by atoms with van der Waals surface area (Å²) in [6.45, 7) is 12.2. The molecule has 1 aromatic heterocycles. The summed E-state index contributed by atoms with van der Waals surface area (Å²) in [5, 5.41) is 15.1. The van der Waals surface area contributed by atoms with Crippen LogP contribution in [0.5, 0.6) is 0 Å². The van der Waals surface area contributed by atoms with Gasteiger partial charge in [-0.05, 0) is 95.1 Å². The Morgan fingerprint density at radius 1 is 0.885 bits per heavy atom. The highest BCUT2D eigenvalue weighted by Crippen LogP contribution is 2.30. The number of imide groups is 2. The van der Waals surface area contributed by atoms with Crippen molar-refractivity contribution in [1.29, 1.82) is 0 Å². The molecular weight excluding hydrogens is 799 g/mol. The largest absolute Gasteiger partial charge is 0.593 e. The highest BCUT2D eigenvalue weighted by Gasteiger charge is 2.44. The molecule has 3 aromatic carbocycles. The number of benzene rings is 3. The summed E-state index contributed by atoms with van der Waals surface area (Å²) < 4.78 is 15.9. The van der Waals surface area contributed by atoms with E-state index in [-0.39, 0.29) is 35.4 Å². The van der Waals surface area contributed by atoms with E-state index in [4.69, 9.17) is 4.98 Å². The van der Waals surface area contributed by atoms with E-state index in [2.05, 4.69) is 58.2 Å². The van der Waals surface area contributed by atoms with E-state index in [1.807, 2.05) is 64.1 Å². The van der Waals surface area contributed by atoms with Crippen LogP contribution in [0, 0.1) is 6.92 Å². The maximum atomic E-state index is 13.1. The summed E-state index contributed by atoms with van der Waals surface area (Å²) >= 11 is -1.36. The molecule has 3 aliphatic rings. The second kappa shape index (κ2) is 18.7. The van der Waals surface area contributed by atoms with Gasteiger partial charge in [0, 0.05) is 86.3 Å². The average molecular weight is 850 g/mol. The van der Waals surface area contributed by atoms with Crippen LogP contribution in [0.2, 0.25) is 0 Å². The highest BCUT2D eigenvalue weighted by atomic mass is 32.2. The smallest absolute Gasteiger partial charge is 0.262 e. The van der Waals surface area contributed by atoms with Crippen LogP contribution in [0.3, 0.4) is 0 Å². The molecule has 320 valence electrons. The lowest BCUT2D eigenvalue weighted by atomic mass is 10.0. The number of aryl methyl sites for hydroxylation is 1. The van der Waals surface area contributed by atoms with Crippen molar-refractivity contribution in [2.45, 2.75) is 63.4 Å². The molecule has 2 saturated heterocycles. The molecule has 0 saturated carbocycles. The predicted octanol–water partition coefficient (Wildman–Crippen LogP) is 3.82. The number of nitrogens with zero attached hydrogens (tertiary/aromatic N) is 5. The monoisotopic (exact) mass is 849 g/mol. The first-order chi connectivity index (χ1) is 29.2. The SMILES string of the molecule is Cc1cnc(Nc2ccc(N3CCN(CC(=O)NCCCNc4ccc5c(c4)C(=O)N(C4CCC(=O)NC4=O)C5=O)CC3)cc2)nc1Nc1cccc([S+]([O-])NC(C)(C)C)c1.